The summed E-state index contributed by atoms with van der Waals surface area (Å²) in [5.41, 5.74) is 3.24. The van der Waals surface area contributed by atoms with Crippen molar-refractivity contribution in [3.63, 3.8) is 0 Å². The molecule has 3 aromatic carbocycles. The van der Waals surface area contributed by atoms with Gasteiger partial charge in [-0.25, -0.2) is 0 Å². The van der Waals surface area contributed by atoms with Crippen molar-refractivity contribution in [2.45, 2.75) is 6.61 Å². The van der Waals surface area contributed by atoms with Gasteiger partial charge in [0.15, 0.2) is 0 Å². The molecule has 5 heteroatoms. The lowest BCUT2D eigenvalue weighted by molar-refractivity contribution is 0.304. The molecule has 0 aromatic heterocycles. The molecule has 0 aliphatic rings. The van der Waals surface area contributed by atoms with E-state index in [9.17, 15) is 5.26 Å². The van der Waals surface area contributed by atoms with Crippen LogP contribution >= 0.6 is 39.1 Å². The maximum Gasteiger partial charge on any atom is 0.134 e. The predicted octanol–water partition coefficient (Wildman–Crippen LogP) is 7.40. The highest BCUT2D eigenvalue weighted by molar-refractivity contribution is 9.10. The molecule has 0 radical (unpaired) electrons. The monoisotopic (exact) mass is 457 g/mol. The van der Waals surface area contributed by atoms with Crippen LogP contribution in [0, 0.1) is 11.3 Å². The summed E-state index contributed by atoms with van der Waals surface area (Å²) in [6, 6.07) is 22.8. The Morgan fingerprint density at radius 3 is 2.48 bits per heavy atom. The predicted molar refractivity (Wildman–Crippen MR) is 115 cm³/mol. The van der Waals surface area contributed by atoms with Crippen molar-refractivity contribution in [3.05, 3.63) is 97.9 Å². The molecular weight excluding hydrogens is 445 g/mol. The minimum atomic E-state index is 0.331. The summed E-state index contributed by atoms with van der Waals surface area (Å²) in [7, 11) is 0. The van der Waals surface area contributed by atoms with Crippen LogP contribution in [0.25, 0.3) is 11.6 Å². The minimum absolute atomic E-state index is 0.331. The number of halogens is 3. The van der Waals surface area contributed by atoms with Crippen LogP contribution in [0.2, 0.25) is 10.0 Å². The van der Waals surface area contributed by atoms with Gasteiger partial charge in [0, 0.05) is 15.6 Å². The van der Waals surface area contributed by atoms with Gasteiger partial charge in [-0.2, -0.15) is 5.26 Å². The largest absolute Gasteiger partial charge is 0.488 e. The summed E-state index contributed by atoms with van der Waals surface area (Å²) in [4.78, 5) is 0. The fraction of sp³-hybridized carbons (Fsp3) is 0.0455. The Hall–Kier alpha value is -2.25. The number of benzene rings is 3. The lowest BCUT2D eigenvalue weighted by Crippen LogP contribution is -1.97. The minimum Gasteiger partial charge on any atom is -0.488 e. The molecule has 0 N–H and O–H groups in total. The molecule has 0 amide bonds. The summed E-state index contributed by atoms with van der Waals surface area (Å²) >= 11 is 15.6. The molecule has 0 saturated heterocycles. The van der Waals surface area contributed by atoms with Crippen LogP contribution < -0.4 is 4.74 Å². The number of hydrogen-bond acceptors (Lipinski definition) is 2. The number of allylic oxidation sites excluding steroid dienone is 1. The highest BCUT2D eigenvalue weighted by atomic mass is 79.9. The summed E-state index contributed by atoms with van der Waals surface area (Å²) < 4.78 is 6.65. The smallest absolute Gasteiger partial charge is 0.134 e. The van der Waals surface area contributed by atoms with Gasteiger partial charge in [-0.3, -0.25) is 0 Å². The van der Waals surface area contributed by atoms with E-state index in [0.29, 0.717) is 28.0 Å². The topological polar surface area (TPSA) is 33.0 Å². The van der Waals surface area contributed by atoms with Gasteiger partial charge in [0.25, 0.3) is 0 Å². The lowest BCUT2D eigenvalue weighted by atomic mass is 10.0. The molecule has 0 atom stereocenters. The van der Waals surface area contributed by atoms with Crippen LogP contribution in [-0.4, -0.2) is 0 Å². The van der Waals surface area contributed by atoms with Crippen molar-refractivity contribution in [2.75, 3.05) is 0 Å². The van der Waals surface area contributed by atoms with E-state index in [4.69, 9.17) is 27.9 Å². The average Bonchev–Trinajstić information content (AvgIpc) is 2.67. The van der Waals surface area contributed by atoms with Gasteiger partial charge in [0.1, 0.15) is 12.4 Å². The van der Waals surface area contributed by atoms with Crippen molar-refractivity contribution in [1.29, 1.82) is 5.26 Å². The van der Waals surface area contributed by atoms with E-state index >= 15 is 0 Å². The van der Waals surface area contributed by atoms with Crippen molar-refractivity contribution in [3.8, 4) is 11.8 Å². The molecular formula is C22H14BrCl2NO. The third kappa shape index (κ3) is 5.14. The summed E-state index contributed by atoms with van der Waals surface area (Å²) in [6.07, 6.45) is 1.85. The second-order valence-corrected chi connectivity index (χ2v) is 7.45. The van der Waals surface area contributed by atoms with Crippen LogP contribution in [0.3, 0.4) is 0 Å². The van der Waals surface area contributed by atoms with E-state index in [1.165, 1.54) is 0 Å². The second kappa shape index (κ2) is 9.10. The van der Waals surface area contributed by atoms with Crippen LogP contribution in [0.1, 0.15) is 16.7 Å². The van der Waals surface area contributed by atoms with Gasteiger partial charge < -0.3 is 4.74 Å². The van der Waals surface area contributed by atoms with Gasteiger partial charge in [-0.15, -0.1) is 0 Å². The zero-order chi connectivity index (χ0) is 19.2. The molecule has 0 unspecified atom stereocenters. The van der Waals surface area contributed by atoms with Gasteiger partial charge in [0.05, 0.1) is 16.1 Å². The van der Waals surface area contributed by atoms with Crippen molar-refractivity contribution < 1.29 is 4.74 Å². The molecule has 2 nitrogen and oxygen atoms in total. The summed E-state index contributed by atoms with van der Waals surface area (Å²) in [5, 5.41) is 10.6. The quantitative estimate of drug-likeness (QED) is 0.294. The van der Waals surface area contributed by atoms with E-state index in [2.05, 4.69) is 22.0 Å². The molecule has 3 rings (SSSR count). The Bertz CT molecular complexity index is 1030. The average molecular weight is 459 g/mol. The Balaban J connectivity index is 1.77. The SMILES string of the molecule is N#C/C(=C/c1ccc(OCc2ccc(Cl)cc2Cl)c(Br)c1)c1ccccc1. The Morgan fingerprint density at radius 1 is 1.04 bits per heavy atom. The number of nitrogens with zero attached hydrogens (tertiary/aromatic N) is 1. The van der Waals surface area contributed by atoms with Gasteiger partial charge in [-0.05, 0) is 57.4 Å². The number of ether oxygens (including phenoxy) is 1. The standard InChI is InChI=1S/C22H14BrCl2NO/c23-20-11-15(10-18(13-26)16-4-2-1-3-5-16)6-9-22(20)27-14-17-7-8-19(24)12-21(17)25/h1-12H,14H2/b18-10-. The summed E-state index contributed by atoms with van der Waals surface area (Å²) in [5.74, 6) is 0.691. The molecule has 0 fully saturated rings. The maximum atomic E-state index is 9.44. The first-order chi connectivity index (χ1) is 13.1. The Labute approximate surface area is 176 Å². The fourth-order valence-corrected chi connectivity index (χ4v) is 3.46. The Kier molecular flexibility index (Phi) is 6.58. The summed E-state index contributed by atoms with van der Waals surface area (Å²) in [6.45, 7) is 0.331. The van der Waals surface area contributed by atoms with E-state index < -0.39 is 0 Å². The number of hydrogen-bond donors (Lipinski definition) is 0. The first-order valence-corrected chi connectivity index (χ1v) is 9.65. The molecule has 0 heterocycles. The number of rotatable bonds is 5. The molecule has 27 heavy (non-hydrogen) atoms. The number of nitriles is 1. The van der Waals surface area contributed by atoms with E-state index in [1.54, 1.807) is 12.1 Å². The molecule has 134 valence electrons. The molecule has 0 spiro atoms. The van der Waals surface area contributed by atoms with Crippen molar-refractivity contribution >= 4 is 50.8 Å². The van der Waals surface area contributed by atoms with E-state index in [1.807, 2.05) is 60.7 Å². The van der Waals surface area contributed by atoms with Crippen LogP contribution in [0.15, 0.2) is 71.2 Å². The first-order valence-electron chi connectivity index (χ1n) is 8.10. The highest BCUT2D eigenvalue weighted by Gasteiger charge is 2.07. The molecule has 0 aliphatic carbocycles. The van der Waals surface area contributed by atoms with Gasteiger partial charge in [-0.1, -0.05) is 65.7 Å². The third-order valence-corrected chi connectivity index (χ3v) is 5.08. The van der Waals surface area contributed by atoms with Gasteiger partial charge in [0.2, 0.25) is 0 Å². The first kappa shape index (κ1) is 19.5. The fourth-order valence-electron chi connectivity index (χ4n) is 2.48. The molecule has 0 aliphatic heterocycles. The van der Waals surface area contributed by atoms with E-state index in [-0.39, 0.29) is 0 Å². The maximum absolute atomic E-state index is 9.44. The third-order valence-electron chi connectivity index (χ3n) is 3.87. The van der Waals surface area contributed by atoms with Crippen LogP contribution in [-0.2, 0) is 6.61 Å². The molecule has 0 saturated carbocycles. The van der Waals surface area contributed by atoms with Crippen LogP contribution in [0.5, 0.6) is 5.75 Å². The zero-order valence-corrected chi connectivity index (χ0v) is 17.2. The van der Waals surface area contributed by atoms with Crippen molar-refractivity contribution in [1.82, 2.24) is 0 Å². The highest BCUT2D eigenvalue weighted by Crippen LogP contribution is 2.30. The normalized spacial score (nSPS) is 11.1. The Morgan fingerprint density at radius 2 is 1.81 bits per heavy atom. The zero-order valence-electron chi connectivity index (χ0n) is 14.1. The van der Waals surface area contributed by atoms with Crippen LogP contribution in [0.4, 0.5) is 0 Å². The second-order valence-electron chi connectivity index (χ2n) is 5.75. The van der Waals surface area contributed by atoms with Gasteiger partial charge >= 0.3 is 0 Å². The molecule has 3 aromatic rings. The lowest BCUT2D eigenvalue weighted by Gasteiger charge is -2.10. The molecule has 0 bridgehead atoms. The van der Waals surface area contributed by atoms with E-state index in [0.717, 1.165) is 21.2 Å². The van der Waals surface area contributed by atoms with Crippen molar-refractivity contribution in [2.24, 2.45) is 0 Å².